The van der Waals surface area contributed by atoms with Crippen molar-refractivity contribution in [3.8, 4) is 0 Å². The maximum atomic E-state index is 14.1. The van der Waals surface area contributed by atoms with E-state index in [1.54, 1.807) is 47.6 Å². The number of amides is 2. The fourth-order valence-electron chi connectivity index (χ4n) is 5.71. The first-order valence-corrected chi connectivity index (χ1v) is 15.5. The highest BCUT2D eigenvalue weighted by Gasteiger charge is 2.46. The summed E-state index contributed by atoms with van der Waals surface area (Å²) in [6.07, 6.45) is 4.38. The second kappa shape index (κ2) is 12.8. The lowest BCUT2D eigenvalue weighted by atomic mass is 9.79. The summed E-state index contributed by atoms with van der Waals surface area (Å²) in [6.45, 7) is 1.18. The molecule has 210 valence electrons. The van der Waals surface area contributed by atoms with Gasteiger partial charge in [-0.2, -0.15) is 0 Å². The fourth-order valence-corrected chi connectivity index (χ4v) is 7.21. The molecule has 3 aromatic carbocycles. The molecule has 7 nitrogen and oxygen atoms in total. The van der Waals surface area contributed by atoms with Crippen molar-refractivity contribution in [2.24, 2.45) is 0 Å². The minimum atomic E-state index is -1.19. The largest absolute Gasteiger partial charge is 0.329 e. The molecule has 0 aromatic heterocycles. The molecule has 1 N–H and O–H groups in total. The zero-order chi connectivity index (χ0) is 28.2. The molecule has 1 fully saturated rings. The average molecular weight is 601 g/mol. The Kier molecular flexibility index (Phi) is 9.23. The van der Waals surface area contributed by atoms with Crippen LogP contribution in [0.25, 0.3) is 0 Å². The van der Waals surface area contributed by atoms with Crippen LogP contribution in [0, 0.1) is 0 Å². The van der Waals surface area contributed by atoms with E-state index in [0.717, 1.165) is 24.8 Å². The summed E-state index contributed by atoms with van der Waals surface area (Å²) >= 11 is 13.0. The van der Waals surface area contributed by atoms with E-state index in [1.165, 1.54) is 0 Å². The maximum Gasteiger partial charge on any atom is 0.254 e. The number of carbonyl (C=O) groups excluding carboxylic acids is 2. The molecular formula is C30H31Cl2N3O4S. The average Bonchev–Trinajstić information content (AvgIpc) is 2.95. The van der Waals surface area contributed by atoms with E-state index in [-0.39, 0.29) is 18.6 Å². The van der Waals surface area contributed by atoms with E-state index in [0.29, 0.717) is 39.8 Å². The van der Waals surface area contributed by atoms with E-state index in [4.69, 9.17) is 28.0 Å². The van der Waals surface area contributed by atoms with Crippen LogP contribution in [0.3, 0.4) is 0 Å². The number of hydroxylamine groups is 1. The van der Waals surface area contributed by atoms with Gasteiger partial charge in [-0.25, -0.2) is 14.0 Å². The number of rotatable bonds is 8. The van der Waals surface area contributed by atoms with Gasteiger partial charge in [0.1, 0.15) is 0 Å². The van der Waals surface area contributed by atoms with Gasteiger partial charge in [0.15, 0.2) is 0 Å². The van der Waals surface area contributed by atoms with E-state index in [9.17, 15) is 13.8 Å². The molecule has 4 atom stereocenters. The van der Waals surface area contributed by atoms with Gasteiger partial charge in [0.2, 0.25) is 0 Å². The van der Waals surface area contributed by atoms with Gasteiger partial charge >= 0.3 is 0 Å². The van der Waals surface area contributed by atoms with Crippen LogP contribution in [-0.4, -0.2) is 50.6 Å². The van der Waals surface area contributed by atoms with Crippen molar-refractivity contribution in [2.75, 3.05) is 19.3 Å². The Morgan fingerprint density at radius 1 is 1.02 bits per heavy atom. The van der Waals surface area contributed by atoms with E-state index in [2.05, 4.69) is 5.48 Å². The van der Waals surface area contributed by atoms with Gasteiger partial charge in [0, 0.05) is 41.0 Å². The van der Waals surface area contributed by atoms with Crippen LogP contribution < -0.4 is 5.48 Å². The Morgan fingerprint density at radius 3 is 2.52 bits per heavy atom. The quantitative estimate of drug-likeness (QED) is 0.338. The first kappa shape index (κ1) is 28.8. The standard InChI is InChI=1S/C30H31Cl2N3O4S/c1-40(38)35-16-8-7-11-22(35)18-34-28(25-15-14-21(31)17-26(25)32)27(23-12-5-6-13-24(23)30(34)37)29(36)33-39-19-20-9-3-2-4-10-20/h2-6,9-10,12-15,17,22,27-28H,7-8,11,16,18-19H2,1H3,(H,33,36). The van der Waals surface area contributed by atoms with Crippen LogP contribution in [0.5, 0.6) is 0 Å². The lowest BCUT2D eigenvalue weighted by Gasteiger charge is -2.45. The normalized spacial score (nSPS) is 22.0. The van der Waals surface area contributed by atoms with Crippen LogP contribution in [0.1, 0.15) is 58.3 Å². The van der Waals surface area contributed by atoms with Gasteiger partial charge in [-0.15, -0.1) is 0 Å². The van der Waals surface area contributed by atoms with Crippen molar-refractivity contribution < 1.29 is 18.6 Å². The lowest BCUT2D eigenvalue weighted by Crippen LogP contribution is -2.53. The molecule has 0 aliphatic carbocycles. The third kappa shape index (κ3) is 6.11. The zero-order valence-corrected chi connectivity index (χ0v) is 24.4. The van der Waals surface area contributed by atoms with E-state index < -0.39 is 28.9 Å². The monoisotopic (exact) mass is 599 g/mol. The first-order valence-electron chi connectivity index (χ1n) is 13.3. The van der Waals surface area contributed by atoms with E-state index >= 15 is 0 Å². The molecule has 0 radical (unpaired) electrons. The number of benzene rings is 3. The van der Waals surface area contributed by atoms with Gasteiger partial charge in [-0.05, 0) is 47.7 Å². The maximum absolute atomic E-state index is 14.1. The smallest absolute Gasteiger partial charge is 0.254 e. The molecule has 5 rings (SSSR count). The molecule has 2 aliphatic rings. The van der Waals surface area contributed by atoms with Crippen molar-refractivity contribution in [1.82, 2.24) is 14.7 Å². The van der Waals surface area contributed by atoms with Gasteiger partial charge in [0.05, 0.1) is 29.6 Å². The zero-order valence-electron chi connectivity index (χ0n) is 22.1. The molecule has 0 saturated carbocycles. The predicted octanol–water partition coefficient (Wildman–Crippen LogP) is 5.67. The highest BCUT2D eigenvalue weighted by atomic mass is 35.5. The molecule has 2 aliphatic heterocycles. The van der Waals surface area contributed by atoms with Crippen LogP contribution in [0.2, 0.25) is 10.0 Å². The molecule has 0 spiro atoms. The molecule has 40 heavy (non-hydrogen) atoms. The Hall–Kier alpha value is -2.75. The van der Waals surface area contributed by atoms with Crippen molar-refractivity contribution >= 4 is 46.0 Å². The summed E-state index contributed by atoms with van der Waals surface area (Å²) in [7, 11) is -1.19. The van der Waals surface area contributed by atoms with Crippen molar-refractivity contribution in [3.05, 3.63) is 105 Å². The molecule has 0 bridgehead atoms. The minimum Gasteiger partial charge on any atom is -0.329 e. The van der Waals surface area contributed by atoms with Crippen LogP contribution >= 0.6 is 23.2 Å². The number of carbonyl (C=O) groups is 2. The number of fused-ring (bicyclic) bond motifs is 1. The predicted molar refractivity (Wildman–Crippen MR) is 157 cm³/mol. The van der Waals surface area contributed by atoms with Gasteiger partial charge in [0.25, 0.3) is 11.8 Å². The number of hydrogen-bond acceptors (Lipinski definition) is 4. The summed E-state index contributed by atoms with van der Waals surface area (Å²) in [5.74, 6) is -1.41. The van der Waals surface area contributed by atoms with Crippen molar-refractivity contribution in [2.45, 2.75) is 43.9 Å². The topological polar surface area (TPSA) is 79.0 Å². The van der Waals surface area contributed by atoms with Gasteiger partial charge in [-0.3, -0.25) is 14.4 Å². The number of piperidine rings is 1. The minimum absolute atomic E-state index is 0.125. The summed E-state index contributed by atoms with van der Waals surface area (Å²) in [5.41, 5.74) is 5.20. The summed E-state index contributed by atoms with van der Waals surface area (Å²) in [4.78, 5) is 35.4. The highest BCUT2D eigenvalue weighted by molar-refractivity contribution is 7.81. The second-order valence-electron chi connectivity index (χ2n) is 10.1. The molecule has 10 heteroatoms. The Balaban J connectivity index is 1.55. The molecular weight excluding hydrogens is 569 g/mol. The molecule has 1 saturated heterocycles. The van der Waals surface area contributed by atoms with Crippen molar-refractivity contribution in [3.63, 3.8) is 0 Å². The van der Waals surface area contributed by atoms with Crippen LogP contribution in [0.15, 0.2) is 72.8 Å². The highest BCUT2D eigenvalue weighted by Crippen LogP contribution is 2.45. The number of hydrogen-bond donors (Lipinski definition) is 1. The van der Waals surface area contributed by atoms with Crippen LogP contribution in [0.4, 0.5) is 0 Å². The fraction of sp³-hybridized carbons (Fsp3) is 0.333. The Labute approximate surface area is 246 Å². The second-order valence-corrected chi connectivity index (χ2v) is 12.2. The Morgan fingerprint density at radius 2 is 1.77 bits per heavy atom. The lowest BCUT2D eigenvalue weighted by molar-refractivity contribution is -0.138. The van der Waals surface area contributed by atoms with Gasteiger partial charge in [-0.1, -0.05) is 84.2 Å². The van der Waals surface area contributed by atoms with E-state index in [1.807, 2.05) is 40.7 Å². The summed E-state index contributed by atoms with van der Waals surface area (Å²) < 4.78 is 14.5. The SMILES string of the molecule is CS(=O)N1CCCCC1CN1C(=O)c2ccccc2C(C(=O)NOCc2ccccc2)C1c1ccc(Cl)cc1Cl. The first-order chi connectivity index (χ1) is 19.3. The number of nitrogens with one attached hydrogen (secondary N) is 1. The third-order valence-corrected chi connectivity index (χ3v) is 9.27. The molecule has 4 unspecified atom stereocenters. The van der Waals surface area contributed by atoms with Crippen molar-refractivity contribution in [1.29, 1.82) is 0 Å². The number of nitrogens with zero attached hydrogens (tertiary/aromatic N) is 2. The summed E-state index contributed by atoms with van der Waals surface area (Å²) in [5, 5.41) is 0.812. The summed E-state index contributed by atoms with van der Waals surface area (Å²) in [6, 6.07) is 20.9. The Bertz CT molecular complexity index is 1410. The molecule has 3 aromatic rings. The third-order valence-electron chi connectivity index (χ3n) is 7.57. The van der Waals surface area contributed by atoms with Crippen LogP contribution in [-0.2, 0) is 27.2 Å². The number of halogens is 2. The molecule has 2 amide bonds. The molecule has 2 heterocycles. The van der Waals surface area contributed by atoms with Gasteiger partial charge < -0.3 is 4.90 Å².